The van der Waals surface area contributed by atoms with Crippen LogP contribution in [-0.4, -0.2) is 57.0 Å². The molecule has 1 aromatic rings. The second kappa shape index (κ2) is 6.43. The van der Waals surface area contributed by atoms with Crippen LogP contribution in [0.15, 0.2) is 0 Å². The Bertz CT molecular complexity index is 673. The van der Waals surface area contributed by atoms with Gasteiger partial charge in [-0.25, -0.2) is 0 Å². The molecule has 1 saturated heterocycles. The second-order valence-corrected chi connectivity index (χ2v) is 7.71. The van der Waals surface area contributed by atoms with E-state index in [0.29, 0.717) is 18.6 Å². The maximum Gasteiger partial charge on any atom is 0.127 e. The van der Waals surface area contributed by atoms with Crippen molar-refractivity contribution in [3.05, 3.63) is 22.3 Å². The minimum Gasteiger partial charge on any atom is -0.507 e. The monoisotopic (exact) mass is 352 g/mol. The van der Waals surface area contributed by atoms with Gasteiger partial charge in [0.2, 0.25) is 0 Å². The maximum absolute atomic E-state index is 10.3. The zero-order chi connectivity index (χ0) is 18.5. The Hall–Kier alpha value is -1.34. The van der Waals surface area contributed by atoms with Crippen LogP contribution in [0.5, 0.6) is 11.5 Å². The summed E-state index contributed by atoms with van der Waals surface area (Å²) in [4.78, 5) is 0. The molecule has 0 aromatic heterocycles. The van der Waals surface area contributed by atoms with Crippen molar-refractivity contribution >= 4 is 0 Å². The van der Waals surface area contributed by atoms with E-state index in [2.05, 4.69) is 0 Å². The highest BCUT2D eigenvalue weighted by Gasteiger charge is 2.43. The number of phenolic OH excluding ortho intramolecular Hbond substituents is 1. The van der Waals surface area contributed by atoms with Crippen LogP contribution in [0.4, 0.5) is 0 Å². The molecule has 0 saturated carbocycles. The number of aliphatic hydroxyl groups is 3. The number of hydrogen-bond acceptors (Lipinski definition) is 6. The zero-order valence-corrected chi connectivity index (χ0v) is 15.2. The average Bonchev–Trinajstić information content (AvgIpc) is 2.58. The molecule has 25 heavy (non-hydrogen) atoms. The Balaban J connectivity index is 1.84. The molecule has 0 radical (unpaired) electrons. The third-order valence-corrected chi connectivity index (χ3v) is 5.83. The smallest absolute Gasteiger partial charge is 0.127 e. The van der Waals surface area contributed by atoms with Gasteiger partial charge >= 0.3 is 0 Å². The number of benzene rings is 1. The van der Waals surface area contributed by atoms with E-state index < -0.39 is 30.0 Å². The summed E-state index contributed by atoms with van der Waals surface area (Å²) < 4.78 is 11.9. The van der Waals surface area contributed by atoms with Crippen molar-refractivity contribution in [3.8, 4) is 11.5 Å². The van der Waals surface area contributed by atoms with Crippen LogP contribution in [0.2, 0.25) is 0 Å². The summed E-state index contributed by atoms with van der Waals surface area (Å²) >= 11 is 0. The van der Waals surface area contributed by atoms with E-state index in [4.69, 9.17) is 9.47 Å². The number of ether oxygens (including phenoxy) is 2. The third-order valence-electron chi connectivity index (χ3n) is 5.83. The lowest BCUT2D eigenvalue weighted by Gasteiger charge is -2.43. The molecule has 2 aliphatic rings. The van der Waals surface area contributed by atoms with E-state index in [0.717, 1.165) is 34.4 Å². The third kappa shape index (κ3) is 3.12. The first-order valence-corrected chi connectivity index (χ1v) is 8.81. The summed E-state index contributed by atoms with van der Waals surface area (Å²) in [6.45, 7) is 7.68. The van der Waals surface area contributed by atoms with Gasteiger partial charge in [-0.05, 0) is 57.2 Å². The van der Waals surface area contributed by atoms with Crippen LogP contribution in [-0.2, 0) is 11.2 Å². The van der Waals surface area contributed by atoms with Gasteiger partial charge < -0.3 is 29.9 Å². The fraction of sp³-hybridized carbons (Fsp3) is 0.684. The van der Waals surface area contributed by atoms with Crippen molar-refractivity contribution in [2.45, 2.75) is 77.0 Å². The molecule has 3 rings (SSSR count). The standard InChI is InChI=1S/C19H28O6/c1-9-10(2)18-12(11(3)15(9)21)5-6-19(4,25-18)7-14-17(23)16(22)13(20)8-24-14/h13-14,16-17,20-23H,5-8H2,1-4H3/t13-,14+,16+,17+,19?/m1/s1. The number of fused-ring (bicyclic) bond motifs is 1. The van der Waals surface area contributed by atoms with Gasteiger partial charge in [-0.3, -0.25) is 0 Å². The fourth-order valence-corrected chi connectivity index (χ4v) is 3.91. The summed E-state index contributed by atoms with van der Waals surface area (Å²) in [5.41, 5.74) is 3.06. The second-order valence-electron chi connectivity index (χ2n) is 7.71. The van der Waals surface area contributed by atoms with Gasteiger partial charge in [-0.15, -0.1) is 0 Å². The number of phenols is 1. The van der Waals surface area contributed by atoms with Crippen molar-refractivity contribution in [2.75, 3.05) is 6.61 Å². The number of hydrogen-bond donors (Lipinski definition) is 4. The Morgan fingerprint density at radius 1 is 1.04 bits per heavy atom. The maximum atomic E-state index is 10.3. The average molecular weight is 352 g/mol. The van der Waals surface area contributed by atoms with Crippen LogP contribution in [0.1, 0.15) is 42.0 Å². The normalized spacial score (nSPS) is 35.2. The van der Waals surface area contributed by atoms with E-state index in [1.807, 2.05) is 27.7 Å². The van der Waals surface area contributed by atoms with Gasteiger partial charge in [0.15, 0.2) is 0 Å². The first-order chi connectivity index (χ1) is 11.6. The SMILES string of the molecule is Cc1c(C)c2c(c(C)c1O)CCC(C)(C[C@@H]1OC[C@@H](O)[C@H](O)[C@H]1O)O2. The lowest BCUT2D eigenvalue weighted by atomic mass is 9.82. The molecule has 0 bridgehead atoms. The highest BCUT2D eigenvalue weighted by atomic mass is 16.5. The quantitative estimate of drug-likeness (QED) is 0.640. The minimum atomic E-state index is -1.21. The van der Waals surface area contributed by atoms with Gasteiger partial charge in [-0.1, -0.05) is 0 Å². The Labute approximate surface area is 148 Å². The van der Waals surface area contributed by atoms with Crippen LogP contribution in [0.25, 0.3) is 0 Å². The van der Waals surface area contributed by atoms with Crippen LogP contribution >= 0.6 is 0 Å². The molecular formula is C19H28O6. The number of aromatic hydroxyl groups is 1. The van der Waals surface area contributed by atoms with E-state index in [1.165, 1.54) is 0 Å². The van der Waals surface area contributed by atoms with Crippen molar-refractivity contribution < 1.29 is 29.9 Å². The number of aliphatic hydroxyl groups excluding tert-OH is 3. The number of rotatable bonds is 2. The van der Waals surface area contributed by atoms with Crippen LogP contribution in [0.3, 0.4) is 0 Å². The van der Waals surface area contributed by atoms with E-state index in [9.17, 15) is 20.4 Å². The molecule has 4 N–H and O–H groups in total. The van der Waals surface area contributed by atoms with E-state index in [1.54, 1.807) is 0 Å². The van der Waals surface area contributed by atoms with Crippen molar-refractivity contribution in [1.82, 2.24) is 0 Å². The predicted molar refractivity (Wildman–Crippen MR) is 92.0 cm³/mol. The van der Waals surface area contributed by atoms with Crippen molar-refractivity contribution in [3.63, 3.8) is 0 Å². The highest BCUT2D eigenvalue weighted by molar-refractivity contribution is 5.58. The van der Waals surface area contributed by atoms with Gasteiger partial charge in [0.1, 0.15) is 35.4 Å². The summed E-state index contributed by atoms with van der Waals surface area (Å²) in [6, 6.07) is 0. The largest absolute Gasteiger partial charge is 0.507 e. The lowest BCUT2D eigenvalue weighted by Crippen LogP contribution is -2.55. The molecular weight excluding hydrogens is 324 g/mol. The summed E-state index contributed by atoms with van der Waals surface area (Å²) in [7, 11) is 0. The molecule has 2 heterocycles. The van der Waals surface area contributed by atoms with Crippen molar-refractivity contribution in [1.29, 1.82) is 0 Å². The van der Waals surface area contributed by atoms with Gasteiger partial charge in [0.05, 0.1) is 12.7 Å². The lowest BCUT2D eigenvalue weighted by molar-refractivity contribution is -0.198. The van der Waals surface area contributed by atoms with Gasteiger partial charge in [-0.2, -0.15) is 0 Å². The molecule has 0 spiro atoms. The molecule has 0 amide bonds. The molecule has 5 atom stereocenters. The van der Waals surface area contributed by atoms with Crippen LogP contribution < -0.4 is 4.74 Å². The van der Waals surface area contributed by atoms with Gasteiger partial charge in [0, 0.05) is 12.0 Å². The van der Waals surface area contributed by atoms with Gasteiger partial charge in [0.25, 0.3) is 0 Å². The minimum absolute atomic E-state index is 0.000671. The molecule has 1 unspecified atom stereocenters. The Morgan fingerprint density at radius 3 is 2.40 bits per heavy atom. The Morgan fingerprint density at radius 2 is 1.72 bits per heavy atom. The highest BCUT2D eigenvalue weighted by Crippen LogP contribution is 2.44. The van der Waals surface area contributed by atoms with E-state index in [-0.39, 0.29) is 6.61 Å². The fourth-order valence-electron chi connectivity index (χ4n) is 3.91. The van der Waals surface area contributed by atoms with Crippen molar-refractivity contribution in [2.24, 2.45) is 0 Å². The molecule has 1 fully saturated rings. The summed E-state index contributed by atoms with van der Waals surface area (Å²) in [5.74, 6) is 1.12. The summed E-state index contributed by atoms with van der Waals surface area (Å²) in [6.07, 6.45) is -2.12. The first kappa shape index (κ1) is 18.5. The summed E-state index contributed by atoms with van der Waals surface area (Å²) in [5, 5.41) is 40.0. The zero-order valence-electron chi connectivity index (χ0n) is 15.2. The van der Waals surface area contributed by atoms with E-state index >= 15 is 0 Å². The molecule has 0 aliphatic carbocycles. The molecule has 6 nitrogen and oxygen atoms in total. The topological polar surface area (TPSA) is 99.4 Å². The molecule has 2 aliphatic heterocycles. The first-order valence-electron chi connectivity index (χ1n) is 8.81. The Kier molecular flexibility index (Phi) is 4.75. The molecule has 6 heteroatoms. The predicted octanol–water partition coefficient (Wildman–Crippen LogP) is 1.27. The van der Waals surface area contributed by atoms with Crippen LogP contribution in [0, 0.1) is 20.8 Å². The molecule has 140 valence electrons. The molecule has 1 aromatic carbocycles.